The summed E-state index contributed by atoms with van der Waals surface area (Å²) in [5, 5.41) is 11.9. The topological polar surface area (TPSA) is 23.0 Å². The third-order valence-electron chi connectivity index (χ3n) is 13.0. The summed E-state index contributed by atoms with van der Waals surface area (Å²) < 4.78 is 11.4. The lowest BCUT2D eigenvalue weighted by molar-refractivity contribution is 0.646. The molecule has 0 saturated carbocycles. The van der Waals surface area contributed by atoms with Gasteiger partial charge in [-0.25, -0.2) is 0 Å². The van der Waals surface area contributed by atoms with Crippen LogP contribution >= 0.6 is 0 Å². The van der Waals surface area contributed by atoms with Gasteiger partial charge in [0, 0.05) is 49.0 Å². The van der Waals surface area contributed by atoms with Crippen molar-refractivity contribution in [2.24, 2.45) is 0 Å². The SMILES string of the molecule is C1=CC([Si](C2=CCC(n3c4ccccc4c4ccccc43)C=C2)(c2ccccc2)c2ccccc2)CC=C1n1c2ccccc2c2c3c(ccc21)oc1ccccc13. The molecular formula is C54H40N2OSi. The van der Waals surface area contributed by atoms with Crippen molar-refractivity contribution in [2.75, 3.05) is 0 Å². The van der Waals surface area contributed by atoms with Crippen molar-refractivity contribution < 1.29 is 4.42 Å². The zero-order valence-corrected chi connectivity index (χ0v) is 33.0. The van der Waals surface area contributed by atoms with E-state index >= 15 is 0 Å². The summed E-state index contributed by atoms with van der Waals surface area (Å²) in [6.45, 7) is 0. The molecule has 2 atom stereocenters. The van der Waals surface area contributed by atoms with Crippen LogP contribution < -0.4 is 10.4 Å². The van der Waals surface area contributed by atoms with E-state index in [2.05, 4.69) is 215 Å². The number of aromatic nitrogens is 2. The number of rotatable bonds is 6. The van der Waals surface area contributed by atoms with Crippen molar-refractivity contribution in [3.63, 3.8) is 0 Å². The molecule has 276 valence electrons. The van der Waals surface area contributed by atoms with E-state index in [9.17, 15) is 0 Å². The van der Waals surface area contributed by atoms with E-state index in [1.54, 1.807) is 0 Å². The molecular weight excluding hydrogens is 721 g/mol. The van der Waals surface area contributed by atoms with E-state index in [1.165, 1.54) is 70.3 Å². The normalized spacial score (nSPS) is 17.2. The highest BCUT2D eigenvalue weighted by atomic mass is 28.3. The first kappa shape index (κ1) is 33.3. The van der Waals surface area contributed by atoms with Gasteiger partial charge in [-0.2, -0.15) is 0 Å². The van der Waals surface area contributed by atoms with Crippen LogP contribution in [0.5, 0.6) is 0 Å². The average molecular weight is 761 g/mol. The van der Waals surface area contributed by atoms with Crippen molar-refractivity contribution in [3.05, 3.63) is 212 Å². The Morgan fingerprint density at radius 2 is 1.05 bits per heavy atom. The van der Waals surface area contributed by atoms with Crippen molar-refractivity contribution in [2.45, 2.75) is 24.4 Å². The number of para-hydroxylation sites is 4. The van der Waals surface area contributed by atoms with Gasteiger partial charge in [-0.05, 0) is 71.2 Å². The Balaban J connectivity index is 0.997. The molecule has 12 rings (SSSR count). The predicted octanol–water partition coefficient (Wildman–Crippen LogP) is 12.9. The summed E-state index contributed by atoms with van der Waals surface area (Å²) in [6, 6.07) is 62.5. The monoisotopic (exact) mass is 760 g/mol. The first-order valence-corrected chi connectivity index (χ1v) is 22.6. The molecule has 0 aliphatic heterocycles. The predicted molar refractivity (Wildman–Crippen MR) is 247 cm³/mol. The molecule has 0 bridgehead atoms. The average Bonchev–Trinajstić information content (AvgIpc) is 3.96. The molecule has 0 amide bonds. The van der Waals surface area contributed by atoms with Crippen LogP contribution in [0.15, 0.2) is 216 Å². The molecule has 0 radical (unpaired) electrons. The van der Waals surface area contributed by atoms with E-state index in [-0.39, 0.29) is 6.04 Å². The van der Waals surface area contributed by atoms with Crippen LogP contribution in [0.25, 0.3) is 71.2 Å². The van der Waals surface area contributed by atoms with Gasteiger partial charge in [0.15, 0.2) is 8.07 Å². The Kier molecular flexibility index (Phi) is 7.51. The molecule has 2 unspecified atom stereocenters. The summed E-state index contributed by atoms with van der Waals surface area (Å²) in [7, 11) is -2.64. The first-order valence-electron chi connectivity index (χ1n) is 20.5. The molecule has 58 heavy (non-hydrogen) atoms. The summed E-state index contributed by atoms with van der Waals surface area (Å²) in [4.78, 5) is 0. The summed E-state index contributed by atoms with van der Waals surface area (Å²) in [6.07, 6.45) is 17.0. The van der Waals surface area contributed by atoms with Gasteiger partial charge >= 0.3 is 0 Å². The number of hydrogen-bond acceptors (Lipinski definition) is 1. The molecule has 4 heteroatoms. The third-order valence-corrected chi connectivity index (χ3v) is 18.3. The minimum Gasteiger partial charge on any atom is -0.456 e. The maximum atomic E-state index is 6.38. The van der Waals surface area contributed by atoms with Gasteiger partial charge in [-0.3, -0.25) is 0 Å². The van der Waals surface area contributed by atoms with Gasteiger partial charge in [0.05, 0.1) is 17.1 Å². The molecule has 3 heterocycles. The molecule has 0 spiro atoms. The fourth-order valence-electron chi connectivity index (χ4n) is 10.6. The van der Waals surface area contributed by atoms with E-state index in [4.69, 9.17) is 4.42 Å². The third kappa shape index (κ3) is 4.79. The molecule has 3 aromatic heterocycles. The Morgan fingerprint density at radius 3 is 1.69 bits per heavy atom. The van der Waals surface area contributed by atoms with Crippen LogP contribution in [0.1, 0.15) is 18.9 Å². The van der Waals surface area contributed by atoms with E-state index < -0.39 is 8.07 Å². The van der Waals surface area contributed by atoms with Gasteiger partial charge in [-0.15, -0.1) is 0 Å². The fraction of sp³-hybridized carbons (Fsp3) is 0.0741. The standard InChI is InChI=1S/C54H40N2OSi/c1-3-15-39(16-4-1)58(40-17-5-2-6-18-40,41-31-27-37(28-32-41)55-47-23-11-7-19-43(47)44-20-8-12-24-48(44)55)42-33-29-38(30-34-42)56-49-25-13-9-21-45(49)53-50(56)35-36-52-54(53)46-22-10-14-26-51(46)57-52/h1-27,29-33,35-37,42H,28,34H2. The molecule has 10 aromatic rings. The summed E-state index contributed by atoms with van der Waals surface area (Å²) >= 11 is 0. The Bertz CT molecular complexity index is 3260. The Morgan fingerprint density at radius 1 is 0.448 bits per heavy atom. The van der Waals surface area contributed by atoms with Gasteiger partial charge in [-0.1, -0.05) is 169 Å². The number of fused-ring (bicyclic) bond motifs is 10. The number of allylic oxidation sites excluding steroid dienone is 8. The van der Waals surface area contributed by atoms with Gasteiger partial charge in [0.1, 0.15) is 11.2 Å². The van der Waals surface area contributed by atoms with Crippen LogP contribution in [-0.2, 0) is 0 Å². The van der Waals surface area contributed by atoms with Crippen LogP contribution in [0.4, 0.5) is 0 Å². The molecule has 7 aromatic carbocycles. The Labute approximate surface area is 337 Å². The van der Waals surface area contributed by atoms with E-state index in [0.29, 0.717) is 5.54 Å². The quantitative estimate of drug-likeness (QED) is 0.155. The van der Waals surface area contributed by atoms with Crippen molar-refractivity contribution >= 4 is 89.7 Å². The highest BCUT2D eigenvalue weighted by Crippen LogP contribution is 2.45. The molecule has 0 N–H and O–H groups in total. The first-order chi connectivity index (χ1) is 28.8. The number of nitrogens with zero attached hydrogens (tertiary/aromatic N) is 2. The maximum Gasteiger partial charge on any atom is 0.154 e. The second-order valence-corrected chi connectivity index (χ2v) is 20.0. The Hall–Kier alpha value is -6.88. The minimum atomic E-state index is -2.64. The van der Waals surface area contributed by atoms with Crippen LogP contribution in [0, 0.1) is 0 Å². The van der Waals surface area contributed by atoms with Crippen LogP contribution in [0.2, 0.25) is 5.54 Å². The lowest BCUT2D eigenvalue weighted by atomic mass is 10.1. The highest BCUT2D eigenvalue weighted by Gasteiger charge is 2.46. The molecule has 3 nitrogen and oxygen atoms in total. The van der Waals surface area contributed by atoms with Crippen molar-refractivity contribution in [1.29, 1.82) is 0 Å². The lowest BCUT2D eigenvalue weighted by Gasteiger charge is -2.42. The molecule has 0 fully saturated rings. The number of furan rings is 1. The summed E-state index contributed by atoms with van der Waals surface area (Å²) in [5.41, 5.74) is 8.40. The lowest BCUT2D eigenvalue weighted by Crippen LogP contribution is -2.63. The minimum absolute atomic E-state index is 0.231. The second kappa shape index (κ2) is 13.1. The van der Waals surface area contributed by atoms with Gasteiger partial charge < -0.3 is 13.6 Å². The molecule has 0 saturated heterocycles. The van der Waals surface area contributed by atoms with Crippen LogP contribution in [0.3, 0.4) is 0 Å². The van der Waals surface area contributed by atoms with Crippen LogP contribution in [-0.4, -0.2) is 17.2 Å². The molecule has 2 aliphatic carbocycles. The van der Waals surface area contributed by atoms with Gasteiger partial charge in [0.25, 0.3) is 0 Å². The molecule has 2 aliphatic rings. The fourth-order valence-corrected chi connectivity index (χ4v) is 16.0. The van der Waals surface area contributed by atoms with Crippen molar-refractivity contribution in [1.82, 2.24) is 9.13 Å². The second-order valence-electron chi connectivity index (χ2n) is 15.9. The van der Waals surface area contributed by atoms with E-state index in [1.807, 2.05) is 0 Å². The zero-order valence-electron chi connectivity index (χ0n) is 32.0. The smallest absolute Gasteiger partial charge is 0.154 e. The summed E-state index contributed by atoms with van der Waals surface area (Å²) in [5.74, 6) is 0. The maximum absolute atomic E-state index is 6.38. The van der Waals surface area contributed by atoms with Crippen molar-refractivity contribution in [3.8, 4) is 0 Å². The highest BCUT2D eigenvalue weighted by molar-refractivity contribution is 7.09. The zero-order chi connectivity index (χ0) is 38.2. The largest absolute Gasteiger partial charge is 0.456 e. The number of benzene rings is 7. The number of hydrogen-bond donors (Lipinski definition) is 0. The van der Waals surface area contributed by atoms with E-state index in [0.717, 1.165) is 29.4 Å². The van der Waals surface area contributed by atoms with Gasteiger partial charge in [0.2, 0.25) is 0 Å².